The SMILES string of the molecule is CC(C)C(=O)N1CCN(C(=O)C(N)C(C)C)CC1.Cl. The van der Waals surface area contributed by atoms with E-state index >= 15 is 0 Å². The van der Waals surface area contributed by atoms with Crippen LogP contribution in [0.5, 0.6) is 0 Å². The normalized spacial score (nSPS) is 17.4. The van der Waals surface area contributed by atoms with Crippen molar-refractivity contribution >= 4 is 24.2 Å². The van der Waals surface area contributed by atoms with E-state index in [1.807, 2.05) is 32.6 Å². The fraction of sp³-hybridized carbons (Fsp3) is 0.846. The third kappa shape index (κ3) is 4.66. The monoisotopic (exact) mass is 291 g/mol. The van der Waals surface area contributed by atoms with E-state index in [1.54, 1.807) is 4.90 Å². The molecule has 0 radical (unpaired) electrons. The van der Waals surface area contributed by atoms with E-state index < -0.39 is 6.04 Å². The lowest BCUT2D eigenvalue weighted by Gasteiger charge is -2.37. The van der Waals surface area contributed by atoms with Crippen molar-refractivity contribution in [2.24, 2.45) is 17.6 Å². The highest BCUT2D eigenvalue weighted by atomic mass is 35.5. The molecule has 6 heteroatoms. The van der Waals surface area contributed by atoms with Crippen LogP contribution in [0.3, 0.4) is 0 Å². The van der Waals surface area contributed by atoms with Crippen molar-refractivity contribution in [2.45, 2.75) is 33.7 Å². The molecule has 0 aromatic rings. The Balaban J connectivity index is 0.00000324. The molecular formula is C13H26ClN3O2. The maximum Gasteiger partial charge on any atom is 0.239 e. The first kappa shape index (κ1) is 18.2. The van der Waals surface area contributed by atoms with Crippen molar-refractivity contribution < 1.29 is 9.59 Å². The number of halogens is 1. The number of amides is 2. The second-order valence-corrected chi connectivity index (χ2v) is 5.58. The largest absolute Gasteiger partial charge is 0.339 e. The van der Waals surface area contributed by atoms with Crippen LogP contribution in [0.4, 0.5) is 0 Å². The van der Waals surface area contributed by atoms with Gasteiger partial charge in [-0.05, 0) is 5.92 Å². The molecule has 112 valence electrons. The van der Waals surface area contributed by atoms with Crippen LogP contribution in [0.2, 0.25) is 0 Å². The van der Waals surface area contributed by atoms with E-state index in [0.717, 1.165) is 0 Å². The molecule has 0 aromatic carbocycles. The predicted octanol–water partition coefficient (Wildman–Crippen LogP) is 0.718. The Morgan fingerprint density at radius 1 is 0.895 bits per heavy atom. The Morgan fingerprint density at radius 3 is 1.58 bits per heavy atom. The second-order valence-electron chi connectivity index (χ2n) is 5.58. The summed E-state index contributed by atoms with van der Waals surface area (Å²) in [4.78, 5) is 27.5. The first-order chi connectivity index (χ1) is 8.34. The van der Waals surface area contributed by atoms with Gasteiger partial charge in [-0.15, -0.1) is 12.4 Å². The van der Waals surface area contributed by atoms with Crippen LogP contribution in [0.1, 0.15) is 27.7 Å². The average Bonchev–Trinajstić information content (AvgIpc) is 2.36. The number of nitrogens with two attached hydrogens (primary N) is 1. The van der Waals surface area contributed by atoms with E-state index in [4.69, 9.17) is 5.73 Å². The summed E-state index contributed by atoms with van der Waals surface area (Å²) in [6.07, 6.45) is 0. The molecule has 1 aliphatic rings. The zero-order valence-corrected chi connectivity index (χ0v) is 13.1. The molecule has 2 N–H and O–H groups in total. The molecule has 1 rings (SSSR count). The van der Waals surface area contributed by atoms with Crippen molar-refractivity contribution in [3.05, 3.63) is 0 Å². The fourth-order valence-electron chi connectivity index (χ4n) is 2.01. The van der Waals surface area contributed by atoms with Crippen LogP contribution in [-0.4, -0.2) is 53.8 Å². The van der Waals surface area contributed by atoms with Crippen LogP contribution >= 0.6 is 12.4 Å². The minimum Gasteiger partial charge on any atom is -0.339 e. The van der Waals surface area contributed by atoms with E-state index in [9.17, 15) is 9.59 Å². The highest BCUT2D eigenvalue weighted by molar-refractivity contribution is 5.85. The minimum atomic E-state index is -0.433. The average molecular weight is 292 g/mol. The molecule has 5 nitrogen and oxygen atoms in total. The molecule has 1 fully saturated rings. The fourth-order valence-corrected chi connectivity index (χ4v) is 2.01. The van der Waals surface area contributed by atoms with Crippen molar-refractivity contribution in [1.82, 2.24) is 9.80 Å². The zero-order chi connectivity index (χ0) is 13.9. The van der Waals surface area contributed by atoms with E-state index in [2.05, 4.69) is 0 Å². The predicted molar refractivity (Wildman–Crippen MR) is 78.1 cm³/mol. The van der Waals surface area contributed by atoms with Gasteiger partial charge in [0.15, 0.2) is 0 Å². The van der Waals surface area contributed by atoms with Crippen LogP contribution in [0.25, 0.3) is 0 Å². The van der Waals surface area contributed by atoms with Crippen LogP contribution in [-0.2, 0) is 9.59 Å². The number of hydrogen-bond acceptors (Lipinski definition) is 3. The van der Waals surface area contributed by atoms with Gasteiger partial charge in [0.25, 0.3) is 0 Å². The molecule has 0 aromatic heterocycles. The van der Waals surface area contributed by atoms with Gasteiger partial charge in [0, 0.05) is 32.1 Å². The summed E-state index contributed by atoms with van der Waals surface area (Å²) >= 11 is 0. The number of piperazine rings is 1. The van der Waals surface area contributed by atoms with Crippen molar-refractivity contribution in [2.75, 3.05) is 26.2 Å². The minimum absolute atomic E-state index is 0. The Kier molecular flexibility index (Phi) is 7.37. The summed E-state index contributed by atoms with van der Waals surface area (Å²) in [5.41, 5.74) is 5.86. The molecule has 1 aliphatic heterocycles. The lowest BCUT2D eigenvalue weighted by Crippen LogP contribution is -2.55. The van der Waals surface area contributed by atoms with Gasteiger partial charge in [-0.2, -0.15) is 0 Å². The van der Waals surface area contributed by atoms with Gasteiger partial charge in [0.1, 0.15) is 0 Å². The molecule has 0 saturated carbocycles. The molecule has 0 bridgehead atoms. The van der Waals surface area contributed by atoms with Gasteiger partial charge < -0.3 is 15.5 Å². The summed E-state index contributed by atoms with van der Waals surface area (Å²) in [7, 11) is 0. The summed E-state index contributed by atoms with van der Waals surface area (Å²) in [5, 5.41) is 0. The van der Waals surface area contributed by atoms with Crippen molar-refractivity contribution in [1.29, 1.82) is 0 Å². The third-order valence-corrected chi connectivity index (χ3v) is 3.40. The summed E-state index contributed by atoms with van der Waals surface area (Å²) in [6, 6.07) is -0.433. The van der Waals surface area contributed by atoms with Crippen molar-refractivity contribution in [3.63, 3.8) is 0 Å². The quantitative estimate of drug-likeness (QED) is 0.833. The second kappa shape index (κ2) is 7.70. The Bertz CT molecular complexity index is 313. The molecule has 1 atom stereocenters. The van der Waals surface area contributed by atoms with Crippen LogP contribution < -0.4 is 5.73 Å². The summed E-state index contributed by atoms with van der Waals surface area (Å²) in [6.45, 7) is 10.1. The van der Waals surface area contributed by atoms with Gasteiger partial charge >= 0.3 is 0 Å². The van der Waals surface area contributed by atoms with Gasteiger partial charge in [-0.25, -0.2) is 0 Å². The molecular weight excluding hydrogens is 266 g/mol. The van der Waals surface area contributed by atoms with Gasteiger partial charge in [0.2, 0.25) is 11.8 Å². The highest BCUT2D eigenvalue weighted by Crippen LogP contribution is 2.10. The first-order valence-corrected chi connectivity index (χ1v) is 6.67. The maximum absolute atomic E-state index is 12.0. The lowest BCUT2D eigenvalue weighted by atomic mass is 10.0. The standard InChI is InChI=1S/C13H25N3O2.ClH/c1-9(2)11(14)13(18)16-7-5-15(6-8-16)12(17)10(3)4;/h9-11H,5-8,14H2,1-4H3;1H. The number of carbonyl (C=O) groups is 2. The van der Waals surface area contributed by atoms with Gasteiger partial charge in [-0.1, -0.05) is 27.7 Å². The first-order valence-electron chi connectivity index (χ1n) is 6.67. The smallest absolute Gasteiger partial charge is 0.239 e. The molecule has 1 unspecified atom stereocenters. The number of rotatable bonds is 3. The van der Waals surface area contributed by atoms with Gasteiger partial charge in [-0.3, -0.25) is 9.59 Å². The van der Waals surface area contributed by atoms with Crippen LogP contribution in [0.15, 0.2) is 0 Å². The topological polar surface area (TPSA) is 66.6 Å². The molecule has 1 saturated heterocycles. The summed E-state index contributed by atoms with van der Waals surface area (Å²) < 4.78 is 0. The van der Waals surface area contributed by atoms with E-state index in [1.165, 1.54) is 0 Å². The Morgan fingerprint density at radius 2 is 1.26 bits per heavy atom. The highest BCUT2D eigenvalue weighted by Gasteiger charge is 2.28. The Labute approximate surface area is 121 Å². The van der Waals surface area contributed by atoms with Crippen LogP contribution in [0, 0.1) is 11.8 Å². The molecule has 0 aliphatic carbocycles. The molecule has 2 amide bonds. The number of nitrogens with zero attached hydrogens (tertiary/aromatic N) is 2. The number of carbonyl (C=O) groups excluding carboxylic acids is 2. The Hall–Kier alpha value is -0.810. The summed E-state index contributed by atoms with van der Waals surface area (Å²) in [5.74, 6) is 0.329. The molecule has 0 spiro atoms. The number of hydrogen-bond donors (Lipinski definition) is 1. The molecule has 19 heavy (non-hydrogen) atoms. The van der Waals surface area contributed by atoms with Gasteiger partial charge in [0.05, 0.1) is 6.04 Å². The molecule has 1 heterocycles. The van der Waals surface area contributed by atoms with Crippen molar-refractivity contribution in [3.8, 4) is 0 Å². The zero-order valence-electron chi connectivity index (χ0n) is 12.3. The van der Waals surface area contributed by atoms with E-state index in [0.29, 0.717) is 26.2 Å². The maximum atomic E-state index is 12.0. The third-order valence-electron chi connectivity index (χ3n) is 3.40. The lowest BCUT2D eigenvalue weighted by molar-refractivity contribution is -0.142. The van der Waals surface area contributed by atoms with E-state index in [-0.39, 0.29) is 36.1 Å².